The number of rotatable bonds is 2. The number of nitrogens with zero attached hydrogens (tertiary/aromatic N) is 2. The smallest absolute Gasteiger partial charge is 0.168 e. The van der Waals surface area contributed by atoms with E-state index in [0.717, 1.165) is 49.1 Å². The molecule has 0 spiro atoms. The Morgan fingerprint density at radius 1 is 1.47 bits per heavy atom. The van der Waals surface area contributed by atoms with Gasteiger partial charge < -0.3 is 4.74 Å². The van der Waals surface area contributed by atoms with Crippen LogP contribution in [0.2, 0.25) is 0 Å². The summed E-state index contributed by atoms with van der Waals surface area (Å²) >= 11 is 0. The molecule has 3 rings (SSSR count). The van der Waals surface area contributed by atoms with Gasteiger partial charge in [-0.05, 0) is 19.3 Å². The summed E-state index contributed by atoms with van der Waals surface area (Å²) in [6, 6.07) is 0.454. The third-order valence-electron chi connectivity index (χ3n) is 3.39. The van der Waals surface area contributed by atoms with Gasteiger partial charge in [0.15, 0.2) is 6.29 Å². The van der Waals surface area contributed by atoms with E-state index in [9.17, 15) is 4.79 Å². The Bertz CT molecular complexity index is 394. The van der Waals surface area contributed by atoms with Crippen molar-refractivity contribution in [2.24, 2.45) is 0 Å². The van der Waals surface area contributed by atoms with Gasteiger partial charge in [0.25, 0.3) is 0 Å². The Morgan fingerprint density at radius 3 is 3.00 bits per heavy atom. The van der Waals surface area contributed by atoms with Crippen LogP contribution in [0.5, 0.6) is 0 Å². The molecule has 1 fully saturated rings. The number of hydrogen-bond acceptors (Lipinski definition) is 3. The van der Waals surface area contributed by atoms with Crippen LogP contribution in [0.1, 0.15) is 47.1 Å². The zero-order valence-corrected chi connectivity index (χ0v) is 8.61. The van der Waals surface area contributed by atoms with E-state index < -0.39 is 0 Å². The van der Waals surface area contributed by atoms with Gasteiger partial charge in [-0.2, -0.15) is 5.10 Å². The highest BCUT2D eigenvalue weighted by molar-refractivity contribution is 5.75. The predicted molar refractivity (Wildman–Crippen MR) is 53.9 cm³/mol. The van der Waals surface area contributed by atoms with Crippen molar-refractivity contribution in [3.63, 3.8) is 0 Å². The molecular formula is C11H14N2O2. The number of ether oxygens (including phenoxy) is 1. The van der Waals surface area contributed by atoms with E-state index in [2.05, 4.69) is 5.10 Å². The van der Waals surface area contributed by atoms with Crippen molar-refractivity contribution in [2.45, 2.75) is 38.3 Å². The second kappa shape index (κ2) is 3.45. The Kier molecular flexibility index (Phi) is 2.09. The maximum absolute atomic E-state index is 11.1. The molecule has 0 unspecified atom stereocenters. The van der Waals surface area contributed by atoms with Crippen LogP contribution >= 0.6 is 0 Å². The second-order valence-corrected chi connectivity index (χ2v) is 4.26. The largest absolute Gasteiger partial charge is 0.376 e. The molecule has 80 valence electrons. The predicted octanol–water partition coefficient (Wildman–Crippen LogP) is 1.49. The van der Waals surface area contributed by atoms with Crippen molar-refractivity contribution >= 4 is 6.29 Å². The van der Waals surface area contributed by atoms with Gasteiger partial charge in [0.05, 0.1) is 24.9 Å². The third kappa shape index (κ3) is 1.32. The molecule has 4 nitrogen and oxygen atoms in total. The van der Waals surface area contributed by atoms with Crippen molar-refractivity contribution in [1.82, 2.24) is 9.78 Å². The van der Waals surface area contributed by atoms with Gasteiger partial charge in [0.2, 0.25) is 0 Å². The van der Waals surface area contributed by atoms with Gasteiger partial charge >= 0.3 is 0 Å². The van der Waals surface area contributed by atoms with E-state index in [-0.39, 0.29) is 0 Å². The van der Waals surface area contributed by atoms with E-state index in [0.29, 0.717) is 12.6 Å². The van der Waals surface area contributed by atoms with Crippen LogP contribution < -0.4 is 0 Å². The van der Waals surface area contributed by atoms with Gasteiger partial charge in [0.1, 0.15) is 5.69 Å². The molecule has 4 heteroatoms. The fourth-order valence-corrected chi connectivity index (χ4v) is 2.27. The number of aldehydes is 1. The summed E-state index contributed by atoms with van der Waals surface area (Å²) in [6.07, 6.45) is 5.34. The molecule has 0 N–H and O–H groups in total. The van der Waals surface area contributed by atoms with Crippen molar-refractivity contribution in [3.05, 3.63) is 17.0 Å². The lowest BCUT2D eigenvalue weighted by molar-refractivity contribution is 0.105. The topological polar surface area (TPSA) is 44.1 Å². The Balaban J connectivity index is 2.05. The number of fused-ring (bicyclic) bond motifs is 1. The van der Waals surface area contributed by atoms with Gasteiger partial charge in [-0.1, -0.05) is 0 Å². The van der Waals surface area contributed by atoms with E-state index in [1.807, 2.05) is 4.68 Å². The molecule has 1 aliphatic carbocycles. The number of carbonyl (C=O) groups is 1. The van der Waals surface area contributed by atoms with E-state index >= 15 is 0 Å². The summed E-state index contributed by atoms with van der Waals surface area (Å²) in [5.74, 6) is 0. The van der Waals surface area contributed by atoms with Gasteiger partial charge in [0, 0.05) is 12.0 Å². The summed E-state index contributed by atoms with van der Waals surface area (Å²) in [5, 5.41) is 4.55. The molecule has 0 amide bonds. The summed E-state index contributed by atoms with van der Waals surface area (Å²) in [7, 11) is 0. The minimum atomic E-state index is 0.454. The fourth-order valence-electron chi connectivity index (χ4n) is 2.27. The SMILES string of the molecule is O=Cc1c2c(nn1C1CCC1)CCOC2. The Labute approximate surface area is 88.2 Å². The Hall–Kier alpha value is -1.16. The minimum absolute atomic E-state index is 0.454. The molecule has 0 saturated heterocycles. The first kappa shape index (κ1) is 9.09. The molecule has 0 aromatic carbocycles. The highest BCUT2D eigenvalue weighted by atomic mass is 16.5. The van der Waals surface area contributed by atoms with Crippen LogP contribution in [-0.2, 0) is 17.8 Å². The van der Waals surface area contributed by atoms with Crippen LogP contribution in [0, 0.1) is 0 Å². The highest BCUT2D eigenvalue weighted by Gasteiger charge is 2.27. The van der Waals surface area contributed by atoms with Crippen LogP contribution in [0.3, 0.4) is 0 Å². The number of aromatic nitrogens is 2. The van der Waals surface area contributed by atoms with E-state index in [4.69, 9.17) is 4.74 Å². The van der Waals surface area contributed by atoms with Crippen molar-refractivity contribution in [2.75, 3.05) is 6.61 Å². The molecule has 0 bridgehead atoms. The summed E-state index contributed by atoms with van der Waals surface area (Å²) < 4.78 is 7.30. The lowest BCUT2D eigenvalue weighted by Gasteiger charge is -2.26. The van der Waals surface area contributed by atoms with E-state index in [1.165, 1.54) is 6.42 Å². The van der Waals surface area contributed by atoms with Crippen LogP contribution in [0.4, 0.5) is 0 Å². The first-order valence-corrected chi connectivity index (χ1v) is 5.53. The lowest BCUT2D eigenvalue weighted by atomic mass is 9.93. The molecule has 1 aliphatic heterocycles. The number of hydrogen-bond donors (Lipinski definition) is 0. The first-order chi connectivity index (χ1) is 7.40. The summed E-state index contributed by atoms with van der Waals surface area (Å²) in [5.41, 5.74) is 2.83. The average molecular weight is 206 g/mol. The minimum Gasteiger partial charge on any atom is -0.376 e. The zero-order valence-electron chi connectivity index (χ0n) is 8.61. The van der Waals surface area contributed by atoms with Gasteiger partial charge in [-0.15, -0.1) is 0 Å². The van der Waals surface area contributed by atoms with Crippen molar-refractivity contribution in [3.8, 4) is 0 Å². The van der Waals surface area contributed by atoms with Gasteiger partial charge in [-0.25, -0.2) is 0 Å². The van der Waals surface area contributed by atoms with Crippen molar-refractivity contribution in [1.29, 1.82) is 0 Å². The number of carbonyl (C=O) groups excluding carboxylic acids is 1. The molecule has 15 heavy (non-hydrogen) atoms. The summed E-state index contributed by atoms with van der Waals surface area (Å²) in [4.78, 5) is 11.1. The van der Waals surface area contributed by atoms with Gasteiger partial charge in [-0.3, -0.25) is 9.48 Å². The lowest BCUT2D eigenvalue weighted by Crippen LogP contribution is -2.20. The molecule has 1 aromatic heterocycles. The third-order valence-corrected chi connectivity index (χ3v) is 3.39. The fraction of sp³-hybridized carbons (Fsp3) is 0.636. The molecule has 2 heterocycles. The molecule has 1 aromatic rings. The average Bonchev–Trinajstić information content (AvgIpc) is 2.53. The van der Waals surface area contributed by atoms with Crippen molar-refractivity contribution < 1.29 is 9.53 Å². The van der Waals surface area contributed by atoms with E-state index in [1.54, 1.807) is 0 Å². The molecular weight excluding hydrogens is 192 g/mol. The molecule has 0 atom stereocenters. The maximum Gasteiger partial charge on any atom is 0.168 e. The first-order valence-electron chi connectivity index (χ1n) is 5.53. The van der Waals surface area contributed by atoms with Crippen LogP contribution in [0.25, 0.3) is 0 Å². The normalized spacial score (nSPS) is 20.8. The zero-order chi connectivity index (χ0) is 10.3. The monoisotopic (exact) mass is 206 g/mol. The molecule has 2 aliphatic rings. The van der Waals surface area contributed by atoms with Crippen LogP contribution in [0.15, 0.2) is 0 Å². The maximum atomic E-state index is 11.1. The standard InChI is InChI=1S/C11H14N2O2/c14-6-11-9-7-15-5-4-10(9)12-13(11)8-2-1-3-8/h6,8H,1-5,7H2. The summed E-state index contributed by atoms with van der Waals surface area (Å²) in [6.45, 7) is 1.28. The highest BCUT2D eigenvalue weighted by Crippen LogP contribution is 2.33. The molecule has 0 radical (unpaired) electrons. The Morgan fingerprint density at radius 2 is 2.33 bits per heavy atom. The quantitative estimate of drug-likeness (QED) is 0.689. The molecule has 1 saturated carbocycles. The van der Waals surface area contributed by atoms with Crippen LogP contribution in [-0.4, -0.2) is 22.7 Å². The second-order valence-electron chi connectivity index (χ2n) is 4.26.